The zero-order valence-electron chi connectivity index (χ0n) is 13.3. The summed E-state index contributed by atoms with van der Waals surface area (Å²) in [6.45, 7) is 1.10. The van der Waals surface area contributed by atoms with Gasteiger partial charge in [0, 0.05) is 6.54 Å². The molecule has 7 heteroatoms. The average molecular weight is 351 g/mol. The van der Waals surface area contributed by atoms with E-state index >= 15 is 0 Å². The molecule has 0 aliphatic carbocycles. The number of para-hydroxylation sites is 3. The molecule has 0 spiro atoms. The largest absolute Gasteiger partial charge is 0.330 e. The number of nitrogens with two attached hydrogens (primary N) is 1. The minimum atomic E-state index is -3.35. The van der Waals surface area contributed by atoms with Gasteiger partial charge in [0.25, 0.3) is 0 Å². The van der Waals surface area contributed by atoms with Crippen molar-refractivity contribution < 1.29 is 13.5 Å². The van der Waals surface area contributed by atoms with Crippen LogP contribution in [0.15, 0.2) is 48.5 Å². The van der Waals surface area contributed by atoms with Gasteiger partial charge in [0.1, 0.15) is 11.5 Å². The van der Waals surface area contributed by atoms with Crippen LogP contribution in [0.3, 0.4) is 0 Å². The zero-order valence-corrected chi connectivity index (χ0v) is 14.1. The Morgan fingerprint density at radius 1 is 0.875 bits per heavy atom. The smallest absolute Gasteiger partial charge is 0.148 e. The summed E-state index contributed by atoms with van der Waals surface area (Å²) in [6, 6.07) is 13.4. The third-order valence-electron chi connectivity index (χ3n) is 4.05. The maximum Gasteiger partial charge on any atom is 0.148 e. The van der Waals surface area contributed by atoms with E-state index in [1.54, 1.807) is 34.6 Å². The van der Waals surface area contributed by atoms with Crippen molar-refractivity contribution in [2.75, 3.05) is 21.7 Å². The molecule has 3 rings (SSSR count). The quantitative estimate of drug-likeness (QED) is 0.669. The number of nitrogens with zero attached hydrogens (tertiary/aromatic N) is 2. The van der Waals surface area contributed by atoms with E-state index in [0.29, 0.717) is 24.5 Å². The topological polar surface area (TPSA) is 73.0 Å². The summed E-state index contributed by atoms with van der Waals surface area (Å²) in [5, 5.41) is 0. The van der Waals surface area contributed by atoms with Crippen LogP contribution in [-0.4, -0.2) is 22.2 Å². The lowest BCUT2D eigenvalue weighted by molar-refractivity contribution is 0.482. The van der Waals surface area contributed by atoms with Gasteiger partial charge in [-0.2, -0.15) is 0 Å². The van der Waals surface area contributed by atoms with Crippen molar-refractivity contribution in [1.82, 2.24) is 0 Å². The second-order valence-corrected chi connectivity index (χ2v) is 7.46. The highest BCUT2D eigenvalue weighted by molar-refractivity contribution is 8.27. The maximum atomic E-state index is 14.3. The van der Waals surface area contributed by atoms with Gasteiger partial charge in [0.05, 0.1) is 11.4 Å². The Bertz CT molecular complexity index is 714. The molecule has 0 amide bonds. The standard InChI is InChI=1S/C17H22FN3O2S/c18-14-8-2-3-9-15(14)21-17-11-5-4-10-16(17)20(24(21,22)23)13-7-1-6-12-19/h2-5,8-11,22-23H,1,6-7,12-13,19H2. The van der Waals surface area contributed by atoms with Crippen LogP contribution in [0.1, 0.15) is 19.3 Å². The molecule has 1 aliphatic heterocycles. The highest BCUT2D eigenvalue weighted by Crippen LogP contribution is 2.64. The number of unbranched alkanes of at least 4 members (excludes halogenated alkanes) is 2. The van der Waals surface area contributed by atoms with E-state index < -0.39 is 16.8 Å². The summed E-state index contributed by atoms with van der Waals surface area (Å²) >= 11 is 0. The van der Waals surface area contributed by atoms with Crippen LogP contribution in [0, 0.1) is 5.82 Å². The first kappa shape index (κ1) is 17.0. The van der Waals surface area contributed by atoms with Gasteiger partial charge >= 0.3 is 0 Å². The first-order chi connectivity index (χ1) is 11.6. The third kappa shape index (κ3) is 2.95. The number of rotatable bonds is 6. The Kier molecular flexibility index (Phi) is 4.96. The van der Waals surface area contributed by atoms with Crippen LogP contribution in [0.5, 0.6) is 0 Å². The van der Waals surface area contributed by atoms with Gasteiger partial charge in [0.15, 0.2) is 0 Å². The van der Waals surface area contributed by atoms with Crippen molar-refractivity contribution in [2.45, 2.75) is 19.3 Å². The van der Waals surface area contributed by atoms with Gasteiger partial charge in [0.2, 0.25) is 0 Å². The Labute approximate surface area is 143 Å². The molecule has 0 fully saturated rings. The van der Waals surface area contributed by atoms with Crippen molar-refractivity contribution in [2.24, 2.45) is 5.73 Å². The fourth-order valence-electron chi connectivity index (χ4n) is 2.91. The van der Waals surface area contributed by atoms with E-state index in [9.17, 15) is 13.5 Å². The number of halogens is 1. The van der Waals surface area contributed by atoms with Gasteiger partial charge < -0.3 is 5.73 Å². The predicted molar refractivity (Wildman–Crippen MR) is 98.1 cm³/mol. The molecule has 0 aromatic heterocycles. The second kappa shape index (κ2) is 6.98. The van der Waals surface area contributed by atoms with Crippen LogP contribution in [0.25, 0.3) is 0 Å². The zero-order chi connectivity index (χ0) is 17.2. The van der Waals surface area contributed by atoms with Crippen molar-refractivity contribution in [3.05, 3.63) is 54.3 Å². The average Bonchev–Trinajstić information content (AvgIpc) is 2.79. The molecule has 2 aromatic carbocycles. The molecule has 2 aromatic rings. The van der Waals surface area contributed by atoms with E-state index in [2.05, 4.69) is 0 Å². The molecular weight excluding hydrogens is 329 g/mol. The predicted octanol–water partition coefficient (Wildman–Crippen LogP) is 4.49. The van der Waals surface area contributed by atoms with Crippen molar-refractivity contribution >= 4 is 28.0 Å². The highest BCUT2D eigenvalue weighted by atomic mass is 32.3. The molecule has 0 radical (unpaired) electrons. The summed E-state index contributed by atoms with van der Waals surface area (Å²) in [5.74, 6) is -0.489. The van der Waals surface area contributed by atoms with Crippen LogP contribution in [-0.2, 0) is 0 Å². The van der Waals surface area contributed by atoms with Gasteiger partial charge in [-0.05, 0) is 54.6 Å². The molecule has 1 aliphatic rings. The number of benzene rings is 2. The number of fused-ring (bicyclic) bond motifs is 1. The lowest BCUT2D eigenvalue weighted by Crippen LogP contribution is -2.32. The second-order valence-electron chi connectivity index (χ2n) is 5.68. The summed E-state index contributed by atoms with van der Waals surface area (Å²) in [5.41, 5.74) is 6.97. The molecular formula is C17H22FN3O2S. The van der Waals surface area contributed by atoms with Crippen molar-refractivity contribution in [3.8, 4) is 0 Å². The first-order valence-corrected chi connectivity index (χ1v) is 9.43. The Balaban J connectivity index is 1.97. The fourth-order valence-corrected chi connectivity index (χ4v) is 4.73. The molecule has 1 heterocycles. The number of hydrogen-bond donors (Lipinski definition) is 3. The molecule has 24 heavy (non-hydrogen) atoms. The van der Waals surface area contributed by atoms with E-state index in [1.807, 2.05) is 12.1 Å². The van der Waals surface area contributed by atoms with Gasteiger partial charge in [-0.3, -0.25) is 13.4 Å². The van der Waals surface area contributed by atoms with E-state index in [0.717, 1.165) is 19.3 Å². The lowest BCUT2D eigenvalue weighted by atomic mass is 10.2. The molecule has 0 unspecified atom stereocenters. The molecule has 0 saturated heterocycles. The minimum Gasteiger partial charge on any atom is -0.330 e. The molecule has 130 valence electrons. The minimum absolute atomic E-state index is 0.161. The van der Waals surface area contributed by atoms with Gasteiger partial charge in [-0.1, -0.05) is 30.7 Å². The summed E-state index contributed by atoms with van der Waals surface area (Å²) < 4.78 is 38.9. The monoisotopic (exact) mass is 351 g/mol. The van der Waals surface area contributed by atoms with Gasteiger partial charge in [-0.25, -0.2) is 8.70 Å². The molecule has 4 N–H and O–H groups in total. The number of anilines is 3. The molecule has 0 saturated carbocycles. The number of hydrogen-bond acceptors (Lipinski definition) is 5. The van der Waals surface area contributed by atoms with Crippen LogP contribution in [0.2, 0.25) is 0 Å². The SMILES string of the molecule is NCCCCCN1c2ccccc2N(c2ccccc2F)S1(O)O. The van der Waals surface area contributed by atoms with E-state index in [-0.39, 0.29) is 5.69 Å². The maximum absolute atomic E-state index is 14.3. The molecule has 0 atom stereocenters. The van der Waals surface area contributed by atoms with Crippen LogP contribution >= 0.6 is 11.0 Å². The summed E-state index contributed by atoms with van der Waals surface area (Å²) in [6.07, 6.45) is 2.59. The highest BCUT2D eigenvalue weighted by Gasteiger charge is 2.42. The first-order valence-electron chi connectivity index (χ1n) is 7.97. The van der Waals surface area contributed by atoms with E-state index in [4.69, 9.17) is 5.73 Å². The van der Waals surface area contributed by atoms with Crippen molar-refractivity contribution in [3.63, 3.8) is 0 Å². The van der Waals surface area contributed by atoms with Gasteiger partial charge in [-0.15, -0.1) is 0 Å². The molecule has 5 nitrogen and oxygen atoms in total. The van der Waals surface area contributed by atoms with E-state index in [1.165, 1.54) is 10.4 Å². The lowest BCUT2D eigenvalue weighted by Gasteiger charge is -2.43. The Hall–Kier alpha value is -1.80. The molecule has 0 bridgehead atoms. The fraction of sp³-hybridized carbons (Fsp3) is 0.294. The normalized spacial score (nSPS) is 17.0. The third-order valence-corrected chi connectivity index (χ3v) is 5.90. The summed E-state index contributed by atoms with van der Waals surface area (Å²) in [4.78, 5) is 0. The Morgan fingerprint density at radius 3 is 2.17 bits per heavy atom. The Morgan fingerprint density at radius 2 is 1.50 bits per heavy atom. The summed E-state index contributed by atoms with van der Waals surface area (Å²) in [7, 11) is -3.35. The van der Waals surface area contributed by atoms with Crippen molar-refractivity contribution in [1.29, 1.82) is 0 Å². The van der Waals surface area contributed by atoms with Crippen LogP contribution < -0.4 is 14.3 Å². The van der Waals surface area contributed by atoms with Crippen LogP contribution in [0.4, 0.5) is 21.5 Å².